The average molecular weight is 604 g/mol. The summed E-state index contributed by atoms with van der Waals surface area (Å²) < 4.78 is 12.6. The molecule has 0 saturated carbocycles. The lowest BCUT2D eigenvalue weighted by Gasteiger charge is -2.43. The van der Waals surface area contributed by atoms with Crippen molar-refractivity contribution in [1.82, 2.24) is 16.0 Å². The smallest absolute Gasteiger partial charge is 0.315 e. The van der Waals surface area contributed by atoms with E-state index >= 15 is 0 Å². The summed E-state index contributed by atoms with van der Waals surface area (Å²) in [6, 6.07) is 8.50. The minimum absolute atomic E-state index is 0.0910. The zero-order chi connectivity index (χ0) is 31.2. The maximum absolute atomic E-state index is 12.7. The Hall–Kier alpha value is -2.20. The van der Waals surface area contributed by atoms with Gasteiger partial charge < -0.3 is 35.6 Å². The first-order valence-corrected chi connectivity index (χ1v) is 16.8. The van der Waals surface area contributed by atoms with Crippen LogP contribution in [0.3, 0.4) is 0 Å². The van der Waals surface area contributed by atoms with E-state index in [0.717, 1.165) is 69.8 Å². The van der Waals surface area contributed by atoms with Crippen LogP contribution in [0.1, 0.15) is 97.5 Å². The fourth-order valence-electron chi connectivity index (χ4n) is 6.57. The SMILES string of the molecule is CC[C@@H]1CCC[C@H](CC)C(=O)NCCC[C@@H](CC)[C@@H](O[C@H]2O[C@@H](C)[C@@H](O)[C@H](NC(=O)NCCc3ccccc3)[C@H]2O)CC1. The van der Waals surface area contributed by atoms with Crippen LogP contribution in [0.2, 0.25) is 0 Å². The van der Waals surface area contributed by atoms with Crippen molar-refractivity contribution < 1.29 is 29.3 Å². The molecule has 1 aromatic rings. The number of carbonyl (C=O) groups excluding carboxylic acids is 2. The van der Waals surface area contributed by atoms with E-state index < -0.39 is 36.7 Å². The maximum atomic E-state index is 12.7. The van der Waals surface area contributed by atoms with Crippen LogP contribution < -0.4 is 16.0 Å². The Morgan fingerprint density at radius 1 is 0.977 bits per heavy atom. The summed E-state index contributed by atoms with van der Waals surface area (Å²) in [5.74, 6) is 1.03. The zero-order valence-corrected chi connectivity index (χ0v) is 26.8. The second kappa shape index (κ2) is 18.6. The summed E-state index contributed by atoms with van der Waals surface area (Å²) in [4.78, 5) is 25.5. The quantitative estimate of drug-likeness (QED) is 0.279. The molecule has 0 radical (unpaired) electrons. The van der Waals surface area contributed by atoms with Gasteiger partial charge in [0, 0.05) is 19.0 Å². The van der Waals surface area contributed by atoms with E-state index in [2.05, 4.69) is 36.7 Å². The first-order valence-electron chi connectivity index (χ1n) is 16.8. The third-order valence-corrected chi connectivity index (χ3v) is 9.56. The summed E-state index contributed by atoms with van der Waals surface area (Å²) in [7, 11) is 0. The molecule has 0 bridgehead atoms. The normalized spacial score (nSPS) is 33.2. The van der Waals surface area contributed by atoms with Crippen LogP contribution in [0.15, 0.2) is 30.3 Å². The largest absolute Gasteiger partial charge is 0.388 e. The summed E-state index contributed by atoms with van der Waals surface area (Å²) in [5, 5.41) is 30.9. The molecule has 9 heteroatoms. The number of hydrogen-bond donors (Lipinski definition) is 5. The fraction of sp³-hybridized carbons (Fsp3) is 0.765. The van der Waals surface area contributed by atoms with Crippen molar-refractivity contribution in [3.63, 3.8) is 0 Å². The van der Waals surface area contributed by atoms with Gasteiger partial charge in [-0.15, -0.1) is 0 Å². The van der Waals surface area contributed by atoms with Gasteiger partial charge in [-0.2, -0.15) is 0 Å². The molecule has 0 unspecified atom stereocenters. The Labute approximate surface area is 258 Å². The lowest BCUT2D eigenvalue weighted by atomic mass is 9.85. The number of hydrogen-bond acceptors (Lipinski definition) is 6. The molecule has 9 nitrogen and oxygen atoms in total. The van der Waals surface area contributed by atoms with E-state index in [1.165, 1.54) is 0 Å². The predicted molar refractivity (Wildman–Crippen MR) is 168 cm³/mol. The highest BCUT2D eigenvalue weighted by Gasteiger charge is 2.45. The van der Waals surface area contributed by atoms with Gasteiger partial charge in [-0.25, -0.2) is 4.79 Å². The van der Waals surface area contributed by atoms with Gasteiger partial charge in [-0.3, -0.25) is 4.79 Å². The topological polar surface area (TPSA) is 129 Å². The van der Waals surface area contributed by atoms with Crippen molar-refractivity contribution in [2.75, 3.05) is 13.1 Å². The van der Waals surface area contributed by atoms with Crippen LogP contribution >= 0.6 is 0 Å². The van der Waals surface area contributed by atoms with E-state index in [1.807, 2.05) is 30.3 Å². The van der Waals surface area contributed by atoms with E-state index in [1.54, 1.807) is 6.92 Å². The molecule has 2 heterocycles. The molecule has 2 saturated heterocycles. The number of amides is 3. The number of nitrogens with one attached hydrogen (secondary N) is 3. The van der Waals surface area contributed by atoms with E-state index in [-0.39, 0.29) is 23.8 Å². The molecule has 2 aliphatic rings. The standard InChI is InChI=1S/C34H57N3O6/c1-5-24-15-11-16-27(7-3)32(40)35-21-12-17-26(6-2)28(19-18-24)43-33-31(39)29(30(38)23(4)42-33)37-34(41)36-22-20-25-13-9-8-10-14-25/h8-10,13-14,23-24,26-31,33,38-39H,5-7,11-12,15-22H2,1-4H3,(H,35,40)(H2,36,37,41)/t23-,24+,26+,27-,28-,29-,30+,31+,33+/m0/s1. The second-order valence-corrected chi connectivity index (χ2v) is 12.5. The zero-order valence-electron chi connectivity index (χ0n) is 26.8. The van der Waals surface area contributed by atoms with Crippen LogP contribution in [0.4, 0.5) is 4.79 Å². The lowest BCUT2D eigenvalue weighted by molar-refractivity contribution is -0.288. The molecule has 244 valence electrons. The van der Waals surface area contributed by atoms with Crippen LogP contribution in [-0.4, -0.2) is 72.0 Å². The molecular formula is C34H57N3O6. The molecular weight excluding hydrogens is 546 g/mol. The molecule has 0 spiro atoms. The Kier molecular flexibility index (Phi) is 15.2. The fourth-order valence-corrected chi connectivity index (χ4v) is 6.57. The highest BCUT2D eigenvalue weighted by Crippen LogP contribution is 2.31. The minimum atomic E-state index is -1.23. The highest BCUT2D eigenvalue weighted by atomic mass is 16.7. The van der Waals surface area contributed by atoms with Crippen molar-refractivity contribution in [3.8, 4) is 0 Å². The number of benzene rings is 1. The number of ether oxygens (including phenoxy) is 2. The first-order chi connectivity index (χ1) is 20.8. The van der Waals surface area contributed by atoms with Crippen LogP contribution in [0.5, 0.6) is 0 Å². The molecule has 3 rings (SSSR count). The van der Waals surface area contributed by atoms with Gasteiger partial charge in [0.25, 0.3) is 0 Å². The molecule has 1 aromatic carbocycles. The van der Waals surface area contributed by atoms with Crippen molar-refractivity contribution in [2.45, 2.75) is 135 Å². The number of urea groups is 1. The van der Waals surface area contributed by atoms with Gasteiger partial charge in [0.2, 0.25) is 5.91 Å². The Morgan fingerprint density at radius 3 is 2.44 bits per heavy atom. The number of rotatable bonds is 9. The average Bonchev–Trinajstić information content (AvgIpc) is 3.01. The van der Waals surface area contributed by atoms with Crippen molar-refractivity contribution in [2.24, 2.45) is 17.8 Å². The first kappa shape index (κ1) is 35.3. The summed E-state index contributed by atoms with van der Waals surface area (Å²) in [6.07, 6.45) is 6.10. The molecule has 2 aliphatic heterocycles. The molecule has 3 amide bonds. The van der Waals surface area contributed by atoms with Gasteiger partial charge in [-0.05, 0) is 69.3 Å². The van der Waals surface area contributed by atoms with Crippen LogP contribution in [0, 0.1) is 17.8 Å². The van der Waals surface area contributed by atoms with Crippen LogP contribution in [-0.2, 0) is 20.7 Å². The van der Waals surface area contributed by atoms with Gasteiger partial charge in [0.05, 0.1) is 18.2 Å². The third kappa shape index (κ3) is 11.0. The minimum Gasteiger partial charge on any atom is -0.388 e. The van der Waals surface area contributed by atoms with Crippen molar-refractivity contribution in [3.05, 3.63) is 35.9 Å². The number of carbonyl (C=O) groups is 2. The third-order valence-electron chi connectivity index (χ3n) is 9.56. The Balaban J connectivity index is 1.65. The Morgan fingerprint density at radius 2 is 1.74 bits per heavy atom. The van der Waals surface area contributed by atoms with E-state index in [9.17, 15) is 19.8 Å². The Bertz CT molecular complexity index is 949. The van der Waals surface area contributed by atoms with Gasteiger partial charge in [0.15, 0.2) is 6.29 Å². The van der Waals surface area contributed by atoms with Crippen molar-refractivity contribution in [1.29, 1.82) is 0 Å². The van der Waals surface area contributed by atoms with Gasteiger partial charge >= 0.3 is 6.03 Å². The van der Waals surface area contributed by atoms with Crippen molar-refractivity contribution >= 4 is 11.9 Å². The van der Waals surface area contributed by atoms with Gasteiger partial charge in [-0.1, -0.05) is 76.8 Å². The summed E-state index contributed by atoms with van der Waals surface area (Å²) in [5.41, 5.74) is 1.11. The summed E-state index contributed by atoms with van der Waals surface area (Å²) >= 11 is 0. The number of aliphatic hydroxyl groups excluding tert-OH is 2. The molecule has 0 aromatic heterocycles. The highest BCUT2D eigenvalue weighted by molar-refractivity contribution is 5.78. The van der Waals surface area contributed by atoms with E-state index in [4.69, 9.17) is 9.47 Å². The number of aliphatic hydroxyl groups is 2. The second-order valence-electron chi connectivity index (χ2n) is 12.5. The molecule has 43 heavy (non-hydrogen) atoms. The maximum Gasteiger partial charge on any atom is 0.315 e. The summed E-state index contributed by atoms with van der Waals surface area (Å²) in [6.45, 7) is 9.29. The molecule has 9 atom stereocenters. The lowest BCUT2D eigenvalue weighted by Crippen LogP contribution is -2.65. The van der Waals surface area contributed by atoms with Crippen LogP contribution in [0.25, 0.3) is 0 Å². The van der Waals surface area contributed by atoms with E-state index in [0.29, 0.717) is 25.4 Å². The molecule has 0 aliphatic carbocycles. The predicted octanol–water partition coefficient (Wildman–Crippen LogP) is 4.69. The molecule has 5 N–H and O–H groups in total. The molecule has 2 fully saturated rings. The monoisotopic (exact) mass is 603 g/mol. The van der Waals surface area contributed by atoms with Gasteiger partial charge in [0.1, 0.15) is 12.2 Å².